The molecule has 0 radical (unpaired) electrons. The predicted octanol–water partition coefficient (Wildman–Crippen LogP) is 1.70. The third-order valence-corrected chi connectivity index (χ3v) is 2.82. The molecule has 2 aromatic rings. The van der Waals surface area contributed by atoms with Crippen LogP contribution in [0, 0.1) is 0 Å². The first-order valence-corrected chi connectivity index (χ1v) is 6.51. The molecule has 0 aliphatic rings. The molecule has 1 aromatic carbocycles. The Bertz CT molecular complexity index is 678. The Labute approximate surface area is 122 Å². The topological polar surface area (TPSA) is 102 Å². The van der Waals surface area contributed by atoms with Gasteiger partial charge in [0.15, 0.2) is 0 Å². The van der Waals surface area contributed by atoms with Gasteiger partial charge in [-0.05, 0) is 25.1 Å². The SMILES string of the molecule is CCn1ncc(N)c1C(=O)Nc1cccc(NC(C)=O)c1. The minimum atomic E-state index is -0.341. The normalized spacial score (nSPS) is 10.2. The van der Waals surface area contributed by atoms with E-state index in [9.17, 15) is 9.59 Å². The average molecular weight is 287 g/mol. The number of carbonyl (C=O) groups excluding carboxylic acids is 2. The van der Waals surface area contributed by atoms with Gasteiger partial charge in [0.1, 0.15) is 5.69 Å². The van der Waals surface area contributed by atoms with E-state index in [0.29, 0.717) is 29.3 Å². The molecule has 1 heterocycles. The van der Waals surface area contributed by atoms with Gasteiger partial charge in [0.25, 0.3) is 5.91 Å². The molecule has 1 aromatic heterocycles. The average Bonchev–Trinajstić information content (AvgIpc) is 2.79. The van der Waals surface area contributed by atoms with Crippen molar-refractivity contribution < 1.29 is 9.59 Å². The first-order chi connectivity index (χ1) is 10.0. The van der Waals surface area contributed by atoms with Gasteiger partial charge in [-0.2, -0.15) is 5.10 Å². The van der Waals surface area contributed by atoms with Crippen LogP contribution in [0.25, 0.3) is 0 Å². The van der Waals surface area contributed by atoms with Crippen LogP contribution in [-0.4, -0.2) is 21.6 Å². The van der Waals surface area contributed by atoms with Crippen molar-refractivity contribution in [3.05, 3.63) is 36.2 Å². The summed E-state index contributed by atoms with van der Waals surface area (Å²) in [6.07, 6.45) is 1.45. The molecule has 0 unspecified atom stereocenters. The van der Waals surface area contributed by atoms with Gasteiger partial charge >= 0.3 is 0 Å². The molecule has 0 saturated carbocycles. The maximum atomic E-state index is 12.3. The van der Waals surface area contributed by atoms with Gasteiger partial charge in [-0.1, -0.05) is 6.07 Å². The molecule has 7 nitrogen and oxygen atoms in total. The molecular formula is C14H17N5O2. The number of hydrogen-bond acceptors (Lipinski definition) is 4. The van der Waals surface area contributed by atoms with E-state index in [-0.39, 0.29) is 11.8 Å². The molecule has 0 atom stereocenters. The highest BCUT2D eigenvalue weighted by Crippen LogP contribution is 2.18. The molecule has 110 valence electrons. The fourth-order valence-electron chi connectivity index (χ4n) is 1.96. The van der Waals surface area contributed by atoms with Crippen LogP contribution >= 0.6 is 0 Å². The summed E-state index contributed by atoms with van der Waals surface area (Å²) in [4.78, 5) is 23.3. The van der Waals surface area contributed by atoms with Crippen LogP contribution in [-0.2, 0) is 11.3 Å². The van der Waals surface area contributed by atoms with E-state index in [0.717, 1.165) is 0 Å². The molecule has 0 bridgehead atoms. The summed E-state index contributed by atoms with van der Waals surface area (Å²) in [5, 5.41) is 9.42. The van der Waals surface area contributed by atoms with Crippen molar-refractivity contribution in [2.24, 2.45) is 0 Å². The van der Waals surface area contributed by atoms with Crippen LogP contribution in [0.1, 0.15) is 24.3 Å². The maximum Gasteiger partial charge on any atom is 0.276 e. The highest BCUT2D eigenvalue weighted by molar-refractivity contribution is 6.06. The second-order valence-corrected chi connectivity index (χ2v) is 4.48. The summed E-state index contributed by atoms with van der Waals surface area (Å²) in [6, 6.07) is 6.87. The predicted molar refractivity (Wildman–Crippen MR) is 81.0 cm³/mol. The van der Waals surface area contributed by atoms with Crippen LogP contribution in [0.3, 0.4) is 0 Å². The van der Waals surface area contributed by atoms with Gasteiger partial charge in [0.2, 0.25) is 5.91 Å². The van der Waals surface area contributed by atoms with Gasteiger partial charge < -0.3 is 16.4 Å². The molecule has 2 amide bonds. The zero-order chi connectivity index (χ0) is 15.4. The fraction of sp³-hybridized carbons (Fsp3) is 0.214. The lowest BCUT2D eigenvalue weighted by Crippen LogP contribution is -2.19. The number of nitrogens with one attached hydrogen (secondary N) is 2. The number of nitrogens with two attached hydrogens (primary N) is 1. The van der Waals surface area contributed by atoms with E-state index in [1.54, 1.807) is 24.3 Å². The molecule has 2 rings (SSSR count). The fourth-order valence-corrected chi connectivity index (χ4v) is 1.96. The Hall–Kier alpha value is -2.83. The van der Waals surface area contributed by atoms with Crippen molar-refractivity contribution in [2.75, 3.05) is 16.4 Å². The minimum absolute atomic E-state index is 0.174. The summed E-state index contributed by atoms with van der Waals surface area (Å²) < 4.78 is 1.53. The zero-order valence-corrected chi connectivity index (χ0v) is 11.9. The summed E-state index contributed by atoms with van der Waals surface area (Å²) in [7, 11) is 0. The van der Waals surface area contributed by atoms with E-state index in [1.807, 2.05) is 6.92 Å². The van der Waals surface area contributed by atoms with E-state index < -0.39 is 0 Å². The highest BCUT2D eigenvalue weighted by atomic mass is 16.2. The van der Waals surface area contributed by atoms with E-state index in [1.165, 1.54) is 17.8 Å². The van der Waals surface area contributed by atoms with E-state index in [4.69, 9.17) is 5.73 Å². The second-order valence-electron chi connectivity index (χ2n) is 4.48. The largest absolute Gasteiger partial charge is 0.396 e. The highest BCUT2D eigenvalue weighted by Gasteiger charge is 2.16. The Morgan fingerprint density at radius 2 is 1.95 bits per heavy atom. The summed E-state index contributed by atoms with van der Waals surface area (Å²) in [5.41, 5.74) is 7.59. The smallest absolute Gasteiger partial charge is 0.276 e. The number of hydrogen-bond donors (Lipinski definition) is 3. The number of anilines is 3. The van der Waals surface area contributed by atoms with Gasteiger partial charge in [-0.25, -0.2) is 0 Å². The molecule has 0 spiro atoms. The number of nitrogens with zero attached hydrogens (tertiary/aromatic N) is 2. The Morgan fingerprint density at radius 1 is 1.29 bits per heavy atom. The Morgan fingerprint density at radius 3 is 2.57 bits per heavy atom. The Kier molecular flexibility index (Phi) is 4.22. The number of carbonyl (C=O) groups is 2. The summed E-state index contributed by atoms with van der Waals surface area (Å²) >= 11 is 0. The standard InChI is InChI=1S/C14H17N5O2/c1-3-19-13(12(15)8-16-19)14(21)18-11-6-4-5-10(7-11)17-9(2)20/h4-8H,3,15H2,1-2H3,(H,17,20)(H,18,21). The van der Waals surface area contributed by atoms with Gasteiger partial charge in [0, 0.05) is 24.8 Å². The molecule has 0 fully saturated rings. The van der Waals surface area contributed by atoms with Crippen molar-refractivity contribution in [3.8, 4) is 0 Å². The third kappa shape index (κ3) is 3.38. The van der Waals surface area contributed by atoms with Crippen LogP contribution in [0.15, 0.2) is 30.5 Å². The van der Waals surface area contributed by atoms with Crippen molar-refractivity contribution >= 4 is 28.9 Å². The molecule has 7 heteroatoms. The molecule has 0 aliphatic carbocycles. The number of rotatable bonds is 4. The molecule has 21 heavy (non-hydrogen) atoms. The third-order valence-electron chi connectivity index (χ3n) is 2.82. The first-order valence-electron chi connectivity index (χ1n) is 6.51. The number of nitrogen functional groups attached to an aromatic ring is 1. The lowest BCUT2D eigenvalue weighted by molar-refractivity contribution is -0.114. The van der Waals surface area contributed by atoms with Crippen molar-refractivity contribution in [3.63, 3.8) is 0 Å². The number of amides is 2. The van der Waals surface area contributed by atoms with Gasteiger partial charge in [-0.3, -0.25) is 14.3 Å². The maximum absolute atomic E-state index is 12.3. The van der Waals surface area contributed by atoms with Crippen LogP contribution < -0.4 is 16.4 Å². The lowest BCUT2D eigenvalue weighted by atomic mass is 10.2. The lowest BCUT2D eigenvalue weighted by Gasteiger charge is -2.09. The van der Waals surface area contributed by atoms with Crippen LogP contribution in [0.4, 0.5) is 17.1 Å². The van der Waals surface area contributed by atoms with Crippen molar-refractivity contribution in [1.29, 1.82) is 0 Å². The van der Waals surface area contributed by atoms with Gasteiger partial charge in [-0.15, -0.1) is 0 Å². The second kappa shape index (κ2) is 6.08. The molecule has 0 saturated heterocycles. The Balaban J connectivity index is 2.19. The molecule has 4 N–H and O–H groups in total. The minimum Gasteiger partial charge on any atom is -0.396 e. The van der Waals surface area contributed by atoms with Crippen LogP contribution in [0.5, 0.6) is 0 Å². The van der Waals surface area contributed by atoms with Crippen molar-refractivity contribution in [2.45, 2.75) is 20.4 Å². The number of aryl methyl sites for hydroxylation is 1. The summed E-state index contributed by atoms with van der Waals surface area (Å²) in [5.74, 6) is -0.515. The van der Waals surface area contributed by atoms with Crippen molar-refractivity contribution in [1.82, 2.24) is 9.78 Å². The molecule has 0 aliphatic heterocycles. The monoisotopic (exact) mass is 287 g/mol. The number of benzene rings is 1. The number of aromatic nitrogens is 2. The molecular weight excluding hydrogens is 270 g/mol. The summed E-state index contributed by atoms with van der Waals surface area (Å²) in [6.45, 7) is 3.85. The quantitative estimate of drug-likeness (QED) is 0.796. The zero-order valence-electron chi connectivity index (χ0n) is 11.9. The van der Waals surface area contributed by atoms with E-state index in [2.05, 4.69) is 15.7 Å². The first kappa shape index (κ1) is 14.6. The van der Waals surface area contributed by atoms with Crippen LogP contribution in [0.2, 0.25) is 0 Å². The van der Waals surface area contributed by atoms with Gasteiger partial charge in [0.05, 0.1) is 11.9 Å². The van der Waals surface area contributed by atoms with E-state index >= 15 is 0 Å².